The molecule has 0 saturated heterocycles. The summed E-state index contributed by atoms with van der Waals surface area (Å²) in [4.78, 5) is 16.0. The molecule has 1 aromatic carbocycles. The van der Waals surface area contributed by atoms with Gasteiger partial charge in [-0.1, -0.05) is 11.6 Å². The van der Waals surface area contributed by atoms with E-state index in [2.05, 4.69) is 5.48 Å². The van der Waals surface area contributed by atoms with Crippen molar-refractivity contribution in [3.8, 4) is 0 Å². The van der Waals surface area contributed by atoms with Gasteiger partial charge in [0.1, 0.15) is 0 Å². The third kappa shape index (κ3) is 3.67. The Morgan fingerprint density at radius 1 is 1.53 bits per heavy atom. The van der Waals surface area contributed by atoms with Gasteiger partial charge in [0.05, 0.1) is 22.1 Å². The number of benzene rings is 1. The summed E-state index contributed by atoms with van der Waals surface area (Å²) in [5, 5.41) is 5.05. The number of nitrogens with two attached hydrogens (primary N) is 1. The van der Waals surface area contributed by atoms with Crippen molar-refractivity contribution in [1.29, 1.82) is 0 Å². The number of rotatable bonds is 4. The third-order valence-electron chi connectivity index (χ3n) is 1.82. The van der Waals surface area contributed by atoms with E-state index in [1.54, 1.807) is 6.92 Å². The van der Waals surface area contributed by atoms with E-state index < -0.39 is 15.9 Å². The van der Waals surface area contributed by atoms with Gasteiger partial charge in [-0.15, -0.1) is 0 Å². The molecule has 3 N–H and O–H groups in total. The number of nitrogens with one attached hydrogen (secondary N) is 1. The maximum atomic E-state index is 11.5. The van der Waals surface area contributed by atoms with E-state index in [-0.39, 0.29) is 22.1 Å². The lowest BCUT2D eigenvalue weighted by Gasteiger charge is -2.07. The Morgan fingerprint density at radius 3 is 2.71 bits per heavy atom. The largest absolute Gasteiger partial charge is 0.276 e. The average Bonchev–Trinajstić information content (AvgIpc) is 2.24. The van der Waals surface area contributed by atoms with Crippen molar-refractivity contribution in [2.75, 3.05) is 6.61 Å². The van der Waals surface area contributed by atoms with Gasteiger partial charge in [-0.05, 0) is 25.1 Å². The summed E-state index contributed by atoms with van der Waals surface area (Å²) < 4.78 is 22.2. The minimum absolute atomic E-state index is 0.0216. The van der Waals surface area contributed by atoms with Crippen molar-refractivity contribution in [3.05, 3.63) is 28.8 Å². The molecule has 6 nitrogen and oxygen atoms in total. The number of carbonyl (C=O) groups is 1. The number of amides is 1. The van der Waals surface area contributed by atoms with E-state index in [0.29, 0.717) is 0 Å². The van der Waals surface area contributed by atoms with Crippen molar-refractivity contribution in [2.45, 2.75) is 11.8 Å². The molecule has 0 aromatic heterocycles. The lowest BCUT2D eigenvalue weighted by molar-refractivity contribution is 0.0364. The molecule has 0 radical (unpaired) electrons. The predicted octanol–water partition coefficient (Wildman–Crippen LogP) is 0.669. The van der Waals surface area contributed by atoms with Crippen LogP contribution in [0.1, 0.15) is 17.3 Å². The summed E-state index contributed by atoms with van der Waals surface area (Å²) in [5.41, 5.74) is 2.09. The molecule has 17 heavy (non-hydrogen) atoms. The van der Waals surface area contributed by atoms with Gasteiger partial charge in [0.15, 0.2) is 0 Å². The normalized spacial score (nSPS) is 11.2. The summed E-state index contributed by atoms with van der Waals surface area (Å²) in [6.07, 6.45) is 0. The highest BCUT2D eigenvalue weighted by molar-refractivity contribution is 7.89. The Kier molecular flexibility index (Phi) is 4.47. The van der Waals surface area contributed by atoms with Crippen LogP contribution in [-0.4, -0.2) is 20.9 Å². The van der Waals surface area contributed by atoms with Gasteiger partial charge in [-0.2, -0.15) is 0 Å². The molecule has 0 aliphatic rings. The third-order valence-corrected chi connectivity index (χ3v) is 3.06. The first kappa shape index (κ1) is 13.9. The summed E-state index contributed by atoms with van der Waals surface area (Å²) in [7, 11) is -3.88. The molecule has 1 aromatic rings. The molecule has 0 atom stereocenters. The molecule has 0 saturated carbocycles. The van der Waals surface area contributed by atoms with Crippen LogP contribution < -0.4 is 10.6 Å². The zero-order chi connectivity index (χ0) is 13.1. The maximum absolute atomic E-state index is 11.5. The second-order valence-electron chi connectivity index (χ2n) is 3.05. The van der Waals surface area contributed by atoms with Crippen molar-refractivity contribution >= 4 is 27.5 Å². The first-order valence-corrected chi connectivity index (χ1v) is 6.53. The fourth-order valence-corrected chi connectivity index (χ4v) is 1.79. The Bertz CT molecular complexity index is 530. The maximum Gasteiger partial charge on any atom is 0.276 e. The SMILES string of the molecule is CCONC(=O)c1cc(S(N)(=O)=O)ccc1Cl. The highest BCUT2D eigenvalue weighted by Crippen LogP contribution is 2.19. The van der Waals surface area contributed by atoms with Gasteiger partial charge in [-0.3, -0.25) is 9.63 Å². The Labute approximate surface area is 104 Å². The number of carbonyl (C=O) groups excluding carboxylic acids is 1. The number of hydroxylamine groups is 1. The van der Waals surface area contributed by atoms with Crippen molar-refractivity contribution in [1.82, 2.24) is 5.48 Å². The summed E-state index contributed by atoms with van der Waals surface area (Å²) in [6, 6.07) is 3.59. The summed E-state index contributed by atoms with van der Waals surface area (Å²) in [5.74, 6) is -0.637. The van der Waals surface area contributed by atoms with E-state index in [0.717, 1.165) is 6.07 Å². The molecule has 94 valence electrons. The fourth-order valence-electron chi connectivity index (χ4n) is 1.05. The average molecular weight is 279 g/mol. The van der Waals surface area contributed by atoms with Gasteiger partial charge < -0.3 is 0 Å². The second-order valence-corrected chi connectivity index (χ2v) is 5.02. The monoisotopic (exact) mass is 278 g/mol. The topological polar surface area (TPSA) is 98.5 Å². The molecule has 0 aliphatic carbocycles. The zero-order valence-corrected chi connectivity index (χ0v) is 10.5. The van der Waals surface area contributed by atoms with Gasteiger partial charge in [0.25, 0.3) is 5.91 Å². The molecule has 8 heteroatoms. The van der Waals surface area contributed by atoms with Crippen LogP contribution in [0.3, 0.4) is 0 Å². The molecule has 0 fully saturated rings. The number of hydrogen-bond acceptors (Lipinski definition) is 4. The first-order valence-electron chi connectivity index (χ1n) is 4.60. The van der Waals surface area contributed by atoms with Crippen molar-refractivity contribution < 1.29 is 18.0 Å². The Balaban J connectivity index is 3.11. The first-order chi connectivity index (χ1) is 7.86. The van der Waals surface area contributed by atoms with Crippen LogP contribution in [0.5, 0.6) is 0 Å². The quantitative estimate of drug-likeness (QED) is 0.791. The number of sulfonamides is 1. The van der Waals surface area contributed by atoms with Crippen LogP contribution in [0, 0.1) is 0 Å². The zero-order valence-electron chi connectivity index (χ0n) is 8.94. The molecule has 0 bridgehead atoms. The smallest absolute Gasteiger partial charge is 0.274 e. The van der Waals surface area contributed by atoms with Gasteiger partial charge in [-0.25, -0.2) is 19.0 Å². The van der Waals surface area contributed by atoms with Gasteiger partial charge in [0, 0.05) is 0 Å². The second kappa shape index (κ2) is 5.46. The van der Waals surface area contributed by atoms with Crippen molar-refractivity contribution in [3.63, 3.8) is 0 Å². The van der Waals surface area contributed by atoms with Crippen LogP contribution in [0.15, 0.2) is 23.1 Å². The van der Waals surface area contributed by atoms with E-state index >= 15 is 0 Å². The Morgan fingerprint density at radius 2 is 2.18 bits per heavy atom. The summed E-state index contributed by atoms with van der Waals surface area (Å²) in [6.45, 7) is 1.96. The predicted molar refractivity (Wildman–Crippen MR) is 61.9 cm³/mol. The number of hydrogen-bond donors (Lipinski definition) is 2. The van der Waals surface area contributed by atoms with Crippen LogP contribution in [0.2, 0.25) is 5.02 Å². The van der Waals surface area contributed by atoms with E-state index in [1.807, 2.05) is 0 Å². The fraction of sp³-hybridized carbons (Fsp3) is 0.222. The number of primary sulfonamides is 1. The van der Waals surface area contributed by atoms with Crippen LogP contribution in [0.25, 0.3) is 0 Å². The van der Waals surface area contributed by atoms with E-state index in [9.17, 15) is 13.2 Å². The highest BCUT2D eigenvalue weighted by atomic mass is 35.5. The standard InChI is InChI=1S/C9H11ClN2O4S/c1-2-16-12-9(13)7-5-6(17(11,14)15)3-4-8(7)10/h3-5H,2H2,1H3,(H,12,13)(H2,11,14,15). The minimum atomic E-state index is -3.88. The van der Waals surface area contributed by atoms with Crippen LogP contribution >= 0.6 is 11.6 Å². The Hall–Kier alpha value is -1.15. The lowest BCUT2D eigenvalue weighted by Crippen LogP contribution is -2.24. The molecule has 1 amide bonds. The highest BCUT2D eigenvalue weighted by Gasteiger charge is 2.15. The van der Waals surface area contributed by atoms with Gasteiger partial charge >= 0.3 is 0 Å². The summed E-state index contributed by atoms with van der Waals surface area (Å²) >= 11 is 5.77. The lowest BCUT2D eigenvalue weighted by atomic mass is 10.2. The van der Waals surface area contributed by atoms with E-state index in [1.165, 1.54) is 12.1 Å². The molecule has 0 spiro atoms. The molecule has 1 rings (SSSR count). The number of halogens is 1. The van der Waals surface area contributed by atoms with E-state index in [4.69, 9.17) is 21.6 Å². The molecule has 0 heterocycles. The molecule has 0 aliphatic heterocycles. The molecular weight excluding hydrogens is 268 g/mol. The molecular formula is C9H11ClN2O4S. The van der Waals surface area contributed by atoms with Crippen LogP contribution in [0.4, 0.5) is 0 Å². The molecule has 0 unspecified atom stereocenters. The van der Waals surface area contributed by atoms with Gasteiger partial charge in [0.2, 0.25) is 10.0 Å². The van der Waals surface area contributed by atoms with Crippen molar-refractivity contribution in [2.24, 2.45) is 5.14 Å². The minimum Gasteiger partial charge on any atom is -0.274 e. The van der Waals surface area contributed by atoms with Crippen LogP contribution in [-0.2, 0) is 14.9 Å².